The van der Waals surface area contributed by atoms with E-state index >= 15 is 0 Å². The molecule has 140 valence electrons. The summed E-state index contributed by atoms with van der Waals surface area (Å²) in [5.74, 6) is 0. The highest BCUT2D eigenvalue weighted by molar-refractivity contribution is 9.10. The van der Waals surface area contributed by atoms with Crippen molar-refractivity contribution in [3.05, 3.63) is 51.0 Å². The molecular formula is C20H25BrN2O2S. The van der Waals surface area contributed by atoms with Gasteiger partial charge in [-0.05, 0) is 84.8 Å². The van der Waals surface area contributed by atoms with Gasteiger partial charge in [0.05, 0.1) is 5.69 Å². The minimum Gasteiger partial charge on any atom is -0.371 e. The Kier molecular flexibility index (Phi) is 5.35. The smallest absolute Gasteiger partial charge is 0.263 e. The van der Waals surface area contributed by atoms with Crippen molar-refractivity contribution >= 4 is 37.3 Å². The lowest BCUT2D eigenvalue weighted by Gasteiger charge is -2.26. The summed E-state index contributed by atoms with van der Waals surface area (Å²) >= 11 is 3.42. The van der Waals surface area contributed by atoms with Crippen LogP contribution >= 0.6 is 15.9 Å². The molecule has 2 aromatic rings. The second-order valence-electron chi connectivity index (χ2n) is 7.05. The van der Waals surface area contributed by atoms with Crippen LogP contribution < -0.4 is 9.62 Å². The van der Waals surface area contributed by atoms with E-state index in [-0.39, 0.29) is 4.90 Å². The Morgan fingerprint density at radius 2 is 1.65 bits per heavy atom. The fraction of sp³-hybridized carbons (Fsp3) is 0.400. The summed E-state index contributed by atoms with van der Waals surface area (Å²) < 4.78 is 29.5. The Morgan fingerprint density at radius 1 is 1.00 bits per heavy atom. The Hall–Kier alpha value is -1.53. The largest absolute Gasteiger partial charge is 0.371 e. The summed E-state index contributed by atoms with van der Waals surface area (Å²) in [6, 6.07) is 7.35. The molecule has 0 unspecified atom stereocenters. The molecule has 3 rings (SSSR count). The predicted octanol–water partition coefficient (Wildman–Crippen LogP) is 5.08. The van der Waals surface area contributed by atoms with Crippen LogP contribution in [0.5, 0.6) is 0 Å². The van der Waals surface area contributed by atoms with Crippen LogP contribution in [0.1, 0.15) is 35.1 Å². The van der Waals surface area contributed by atoms with Crippen molar-refractivity contribution in [2.24, 2.45) is 0 Å². The van der Waals surface area contributed by atoms with Crippen molar-refractivity contribution in [1.82, 2.24) is 0 Å². The number of hydrogen-bond donors (Lipinski definition) is 1. The van der Waals surface area contributed by atoms with E-state index < -0.39 is 10.0 Å². The summed E-state index contributed by atoms with van der Waals surface area (Å²) in [5.41, 5.74) is 5.87. The molecule has 0 amide bonds. The number of aryl methyl sites for hydroxylation is 3. The van der Waals surface area contributed by atoms with Gasteiger partial charge in [0.15, 0.2) is 0 Å². The molecule has 0 saturated carbocycles. The zero-order chi connectivity index (χ0) is 19.1. The number of anilines is 2. The Morgan fingerprint density at radius 3 is 2.31 bits per heavy atom. The summed E-state index contributed by atoms with van der Waals surface area (Å²) in [4.78, 5) is 2.63. The molecule has 0 aromatic heterocycles. The molecule has 1 N–H and O–H groups in total. The summed E-state index contributed by atoms with van der Waals surface area (Å²) in [6.07, 6.45) is 2.37. The number of benzene rings is 2. The molecule has 1 heterocycles. The average molecular weight is 437 g/mol. The molecule has 1 aliphatic heterocycles. The Labute approximate surface area is 164 Å². The first-order chi connectivity index (χ1) is 12.2. The van der Waals surface area contributed by atoms with Crippen molar-refractivity contribution in [2.75, 3.05) is 22.7 Å². The number of sulfonamides is 1. The number of nitrogens with one attached hydrogen (secondary N) is 1. The van der Waals surface area contributed by atoms with Gasteiger partial charge in [-0.1, -0.05) is 18.2 Å². The van der Waals surface area contributed by atoms with Gasteiger partial charge in [0.25, 0.3) is 10.0 Å². The molecule has 0 bridgehead atoms. The zero-order valence-corrected chi connectivity index (χ0v) is 18.1. The van der Waals surface area contributed by atoms with E-state index in [1.807, 2.05) is 26.8 Å². The van der Waals surface area contributed by atoms with Crippen molar-refractivity contribution in [1.29, 1.82) is 0 Å². The molecule has 1 fully saturated rings. The molecule has 0 spiro atoms. The summed E-state index contributed by atoms with van der Waals surface area (Å²) in [7, 11) is -3.68. The molecular weight excluding hydrogens is 412 g/mol. The van der Waals surface area contributed by atoms with Crippen molar-refractivity contribution < 1.29 is 8.42 Å². The fourth-order valence-electron chi connectivity index (χ4n) is 3.78. The van der Waals surface area contributed by atoms with E-state index in [0.29, 0.717) is 10.2 Å². The van der Waals surface area contributed by atoms with Crippen LogP contribution in [0.2, 0.25) is 0 Å². The number of hydrogen-bond acceptors (Lipinski definition) is 3. The third kappa shape index (κ3) is 3.49. The van der Waals surface area contributed by atoms with Crippen molar-refractivity contribution in [3.8, 4) is 0 Å². The van der Waals surface area contributed by atoms with Gasteiger partial charge in [-0.2, -0.15) is 0 Å². The standard InChI is InChI=1S/C20H25BrN2O2S/c1-13-8-7-9-17(18(13)21)26(24,25)22-19-14(2)12-15(3)20(16(19)4)23-10-5-6-11-23/h7-9,12,22H,5-6,10-11H2,1-4H3. The van der Waals surface area contributed by atoms with Gasteiger partial charge >= 0.3 is 0 Å². The van der Waals surface area contributed by atoms with Gasteiger partial charge in [-0.25, -0.2) is 8.42 Å². The lowest BCUT2D eigenvalue weighted by atomic mass is 10.0. The lowest BCUT2D eigenvalue weighted by Crippen LogP contribution is -2.22. The van der Waals surface area contributed by atoms with E-state index in [4.69, 9.17) is 0 Å². The van der Waals surface area contributed by atoms with Gasteiger partial charge in [0.1, 0.15) is 4.90 Å². The summed E-state index contributed by atoms with van der Waals surface area (Å²) in [6.45, 7) is 10.0. The van der Waals surface area contributed by atoms with Crippen LogP contribution in [-0.4, -0.2) is 21.5 Å². The van der Waals surface area contributed by atoms with Crippen molar-refractivity contribution in [3.63, 3.8) is 0 Å². The van der Waals surface area contributed by atoms with E-state index in [9.17, 15) is 8.42 Å². The van der Waals surface area contributed by atoms with Crippen LogP contribution in [0.15, 0.2) is 33.6 Å². The Balaban J connectivity index is 2.07. The number of rotatable bonds is 4. The van der Waals surface area contributed by atoms with Gasteiger partial charge in [0.2, 0.25) is 0 Å². The SMILES string of the molecule is Cc1cccc(S(=O)(=O)Nc2c(C)cc(C)c(N3CCCC3)c2C)c1Br. The molecule has 1 aliphatic rings. The highest BCUT2D eigenvalue weighted by Gasteiger charge is 2.24. The van der Waals surface area contributed by atoms with Crippen LogP contribution in [0, 0.1) is 27.7 Å². The van der Waals surface area contributed by atoms with E-state index in [1.165, 1.54) is 18.4 Å². The molecule has 26 heavy (non-hydrogen) atoms. The van der Waals surface area contributed by atoms with Crippen LogP contribution in [-0.2, 0) is 10.0 Å². The molecule has 6 heteroatoms. The average Bonchev–Trinajstić information content (AvgIpc) is 3.08. The predicted molar refractivity (Wildman–Crippen MR) is 112 cm³/mol. The molecule has 2 aromatic carbocycles. The molecule has 1 saturated heterocycles. The second-order valence-corrected chi connectivity index (χ2v) is 9.49. The normalized spacial score (nSPS) is 14.7. The fourth-order valence-corrected chi connectivity index (χ4v) is 6.03. The lowest BCUT2D eigenvalue weighted by molar-refractivity contribution is 0.600. The zero-order valence-electron chi connectivity index (χ0n) is 15.7. The summed E-state index contributed by atoms with van der Waals surface area (Å²) in [5, 5.41) is 0. The van der Waals surface area contributed by atoms with Gasteiger partial charge in [-0.3, -0.25) is 4.72 Å². The van der Waals surface area contributed by atoms with Crippen molar-refractivity contribution in [2.45, 2.75) is 45.4 Å². The molecule has 0 radical (unpaired) electrons. The van der Waals surface area contributed by atoms with Gasteiger partial charge < -0.3 is 4.90 Å². The number of halogens is 1. The third-order valence-electron chi connectivity index (χ3n) is 5.04. The molecule has 0 aliphatic carbocycles. The first kappa shape index (κ1) is 19.2. The topological polar surface area (TPSA) is 49.4 Å². The second kappa shape index (κ2) is 7.24. The third-order valence-corrected chi connectivity index (χ3v) is 7.74. The van der Waals surface area contributed by atoms with E-state index in [2.05, 4.69) is 38.5 Å². The van der Waals surface area contributed by atoms with E-state index in [0.717, 1.165) is 35.5 Å². The first-order valence-corrected chi connectivity index (χ1v) is 11.1. The maximum Gasteiger partial charge on any atom is 0.263 e. The van der Waals surface area contributed by atoms with Gasteiger partial charge in [-0.15, -0.1) is 0 Å². The minimum absolute atomic E-state index is 0.264. The maximum atomic E-state index is 13.0. The monoisotopic (exact) mass is 436 g/mol. The first-order valence-electron chi connectivity index (χ1n) is 8.86. The highest BCUT2D eigenvalue weighted by atomic mass is 79.9. The van der Waals surface area contributed by atoms with Gasteiger partial charge in [0, 0.05) is 23.2 Å². The maximum absolute atomic E-state index is 13.0. The highest BCUT2D eigenvalue weighted by Crippen LogP contribution is 2.37. The quantitative estimate of drug-likeness (QED) is 0.726. The molecule has 0 atom stereocenters. The number of nitrogens with zero attached hydrogens (tertiary/aromatic N) is 1. The minimum atomic E-state index is -3.68. The van der Waals surface area contributed by atoms with E-state index in [1.54, 1.807) is 12.1 Å². The Bertz CT molecular complexity index is 949. The van der Waals surface area contributed by atoms with Crippen LogP contribution in [0.3, 0.4) is 0 Å². The van der Waals surface area contributed by atoms with Crippen LogP contribution in [0.4, 0.5) is 11.4 Å². The van der Waals surface area contributed by atoms with Crippen LogP contribution in [0.25, 0.3) is 0 Å². The molecule has 4 nitrogen and oxygen atoms in total.